The van der Waals surface area contributed by atoms with Gasteiger partial charge in [-0.2, -0.15) is 0 Å². The summed E-state index contributed by atoms with van der Waals surface area (Å²) in [5.41, 5.74) is 7.88. The first kappa shape index (κ1) is 15.4. The van der Waals surface area contributed by atoms with Crippen molar-refractivity contribution in [1.82, 2.24) is 4.90 Å². The normalized spacial score (nSPS) is 18.6. The molecule has 0 amide bonds. The van der Waals surface area contributed by atoms with Crippen LogP contribution in [-0.4, -0.2) is 36.2 Å². The quantitative estimate of drug-likeness (QED) is 0.784. The monoisotopic (exact) mass is 292 g/mol. The standard InChI is InChI=1S/C16H24N2OS/c1-18(9-3-7-15-8-4-10-19-15)12-13-5-2-6-14(11-13)16(17)20/h2,5-6,11,15H,3-4,7-10,12H2,1H3,(H2,17,20). The molecule has 4 heteroatoms. The van der Waals surface area contributed by atoms with E-state index in [1.807, 2.05) is 12.1 Å². The van der Waals surface area contributed by atoms with Crippen LogP contribution in [-0.2, 0) is 11.3 Å². The predicted molar refractivity (Wildman–Crippen MR) is 86.9 cm³/mol. The van der Waals surface area contributed by atoms with E-state index in [1.54, 1.807) is 0 Å². The summed E-state index contributed by atoms with van der Waals surface area (Å²) in [5.74, 6) is 0. The van der Waals surface area contributed by atoms with Gasteiger partial charge in [-0.1, -0.05) is 30.4 Å². The second-order valence-electron chi connectivity index (χ2n) is 5.58. The maximum absolute atomic E-state index is 5.67. The molecule has 1 aromatic carbocycles. The van der Waals surface area contributed by atoms with Gasteiger partial charge in [0.15, 0.2) is 0 Å². The van der Waals surface area contributed by atoms with Gasteiger partial charge in [0.1, 0.15) is 4.99 Å². The lowest BCUT2D eigenvalue weighted by molar-refractivity contribution is 0.0995. The van der Waals surface area contributed by atoms with Gasteiger partial charge < -0.3 is 15.4 Å². The highest BCUT2D eigenvalue weighted by Gasteiger charge is 2.14. The summed E-state index contributed by atoms with van der Waals surface area (Å²) >= 11 is 5.02. The van der Waals surface area contributed by atoms with Crippen molar-refractivity contribution in [3.05, 3.63) is 35.4 Å². The van der Waals surface area contributed by atoms with E-state index in [9.17, 15) is 0 Å². The van der Waals surface area contributed by atoms with Gasteiger partial charge in [-0.05, 0) is 50.9 Å². The number of rotatable bonds is 7. The molecule has 3 nitrogen and oxygen atoms in total. The Morgan fingerprint density at radius 2 is 2.35 bits per heavy atom. The summed E-state index contributed by atoms with van der Waals surface area (Å²) < 4.78 is 5.65. The number of benzene rings is 1. The Hall–Kier alpha value is -0.970. The molecule has 1 fully saturated rings. The molecule has 1 saturated heterocycles. The first-order chi connectivity index (χ1) is 9.65. The molecule has 2 rings (SSSR count). The Balaban J connectivity index is 1.74. The minimum atomic E-state index is 0.466. The minimum Gasteiger partial charge on any atom is -0.389 e. The lowest BCUT2D eigenvalue weighted by Crippen LogP contribution is -2.21. The van der Waals surface area contributed by atoms with Crippen LogP contribution >= 0.6 is 12.2 Å². The summed E-state index contributed by atoms with van der Waals surface area (Å²) in [4.78, 5) is 2.81. The Labute approximate surface area is 127 Å². The van der Waals surface area contributed by atoms with E-state index < -0.39 is 0 Å². The fourth-order valence-electron chi connectivity index (χ4n) is 2.67. The van der Waals surface area contributed by atoms with E-state index in [0.29, 0.717) is 11.1 Å². The van der Waals surface area contributed by atoms with Gasteiger partial charge in [0.05, 0.1) is 6.10 Å². The molecule has 1 atom stereocenters. The zero-order valence-electron chi connectivity index (χ0n) is 12.2. The van der Waals surface area contributed by atoms with Crippen molar-refractivity contribution in [2.75, 3.05) is 20.2 Å². The van der Waals surface area contributed by atoms with Crippen LogP contribution < -0.4 is 5.73 Å². The molecular formula is C16H24N2OS. The molecule has 0 aromatic heterocycles. The zero-order valence-corrected chi connectivity index (χ0v) is 13.0. The average molecular weight is 292 g/mol. The molecule has 0 spiro atoms. The lowest BCUT2D eigenvalue weighted by Gasteiger charge is -2.18. The zero-order chi connectivity index (χ0) is 14.4. The van der Waals surface area contributed by atoms with Gasteiger partial charge >= 0.3 is 0 Å². The predicted octanol–water partition coefficient (Wildman–Crippen LogP) is 2.71. The fraction of sp³-hybridized carbons (Fsp3) is 0.562. The molecule has 1 aliphatic rings. The molecule has 0 aliphatic carbocycles. The topological polar surface area (TPSA) is 38.5 Å². The molecule has 110 valence electrons. The van der Waals surface area contributed by atoms with Crippen LogP contribution in [0.2, 0.25) is 0 Å². The summed E-state index contributed by atoms with van der Waals surface area (Å²) in [6.07, 6.45) is 5.33. The maximum atomic E-state index is 5.67. The molecule has 2 N–H and O–H groups in total. The van der Waals surface area contributed by atoms with Crippen molar-refractivity contribution in [3.63, 3.8) is 0 Å². The summed E-state index contributed by atoms with van der Waals surface area (Å²) in [7, 11) is 2.16. The van der Waals surface area contributed by atoms with Crippen LogP contribution in [0, 0.1) is 0 Å². The lowest BCUT2D eigenvalue weighted by atomic mass is 10.1. The van der Waals surface area contributed by atoms with Crippen molar-refractivity contribution in [3.8, 4) is 0 Å². The highest BCUT2D eigenvalue weighted by Crippen LogP contribution is 2.17. The molecule has 1 aromatic rings. The molecular weight excluding hydrogens is 268 g/mol. The second kappa shape index (κ2) is 7.72. The summed E-state index contributed by atoms with van der Waals surface area (Å²) in [6.45, 7) is 2.98. The van der Waals surface area contributed by atoms with E-state index >= 15 is 0 Å². The van der Waals surface area contributed by atoms with Crippen LogP contribution in [0.1, 0.15) is 36.8 Å². The minimum absolute atomic E-state index is 0.466. The fourth-order valence-corrected chi connectivity index (χ4v) is 2.80. The second-order valence-corrected chi connectivity index (χ2v) is 6.02. The highest BCUT2D eigenvalue weighted by atomic mass is 32.1. The van der Waals surface area contributed by atoms with Gasteiger partial charge in [-0.3, -0.25) is 0 Å². The van der Waals surface area contributed by atoms with E-state index in [4.69, 9.17) is 22.7 Å². The molecule has 1 heterocycles. The van der Waals surface area contributed by atoms with Crippen molar-refractivity contribution < 1.29 is 4.74 Å². The Bertz CT molecular complexity index is 444. The smallest absolute Gasteiger partial charge is 0.103 e. The summed E-state index contributed by atoms with van der Waals surface area (Å²) in [5, 5.41) is 0. The van der Waals surface area contributed by atoms with Crippen LogP contribution in [0.15, 0.2) is 24.3 Å². The number of nitrogens with zero attached hydrogens (tertiary/aromatic N) is 1. The van der Waals surface area contributed by atoms with Crippen molar-refractivity contribution in [2.24, 2.45) is 5.73 Å². The van der Waals surface area contributed by atoms with Gasteiger partial charge in [-0.15, -0.1) is 0 Å². The van der Waals surface area contributed by atoms with Crippen molar-refractivity contribution in [1.29, 1.82) is 0 Å². The third kappa shape index (κ3) is 4.85. The van der Waals surface area contributed by atoms with Gasteiger partial charge in [-0.25, -0.2) is 0 Å². The van der Waals surface area contributed by atoms with E-state index in [0.717, 1.165) is 25.3 Å². The van der Waals surface area contributed by atoms with Crippen LogP contribution in [0.25, 0.3) is 0 Å². The van der Waals surface area contributed by atoms with Crippen LogP contribution in [0.4, 0.5) is 0 Å². The number of hydrogen-bond acceptors (Lipinski definition) is 3. The van der Waals surface area contributed by atoms with Gasteiger partial charge in [0.2, 0.25) is 0 Å². The molecule has 0 saturated carbocycles. The SMILES string of the molecule is CN(CCCC1CCCO1)Cc1cccc(C(N)=S)c1. The van der Waals surface area contributed by atoms with Crippen LogP contribution in [0.5, 0.6) is 0 Å². The van der Waals surface area contributed by atoms with Crippen molar-refractivity contribution in [2.45, 2.75) is 38.3 Å². The van der Waals surface area contributed by atoms with Gasteiger partial charge in [0, 0.05) is 18.7 Å². The average Bonchev–Trinajstić information content (AvgIpc) is 2.92. The molecule has 0 radical (unpaired) electrons. The van der Waals surface area contributed by atoms with Crippen LogP contribution in [0.3, 0.4) is 0 Å². The van der Waals surface area contributed by atoms with E-state index in [1.165, 1.54) is 31.2 Å². The number of thiocarbonyl (C=S) groups is 1. The molecule has 20 heavy (non-hydrogen) atoms. The van der Waals surface area contributed by atoms with Gasteiger partial charge in [0.25, 0.3) is 0 Å². The molecule has 1 aliphatic heterocycles. The van der Waals surface area contributed by atoms with Crippen molar-refractivity contribution >= 4 is 17.2 Å². The maximum Gasteiger partial charge on any atom is 0.103 e. The Morgan fingerprint density at radius 1 is 1.50 bits per heavy atom. The molecule has 0 bridgehead atoms. The summed E-state index contributed by atoms with van der Waals surface area (Å²) in [6, 6.07) is 8.19. The first-order valence-electron chi connectivity index (χ1n) is 7.34. The van der Waals surface area contributed by atoms with E-state index in [2.05, 4.69) is 24.1 Å². The largest absolute Gasteiger partial charge is 0.389 e. The Kier molecular flexibility index (Phi) is 5.95. The number of hydrogen-bond donors (Lipinski definition) is 1. The van der Waals surface area contributed by atoms with E-state index in [-0.39, 0.29) is 0 Å². The molecule has 1 unspecified atom stereocenters. The third-order valence-corrected chi connectivity index (χ3v) is 3.99. The number of nitrogens with two attached hydrogens (primary N) is 1. The number of ether oxygens (including phenoxy) is 1. The Morgan fingerprint density at radius 3 is 3.05 bits per heavy atom. The third-order valence-electron chi connectivity index (χ3n) is 3.75. The first-order valence-corrected chi connectivity index (χ1v) is 7.75. The highest BCUT2D eigenvalue weighted by molar-refractivity contribution is 7.80.